The van der Waals surface area contributed by atoms with Crippen LogP contribution >= 0.6 is 11.8 Å². The molecule has 2 rings (SSSR count). The predicted octanol–water partition coefficient (Wildman–Crippen LogP) is 2.75. The van der Waals surface area contributed by atoms with Crippen molar-refractivity contribution in [1.82, 2.24) is 9.97 Å². The second-order valence-corrected chi connectivity index (χ2v) is 5.16. The minimum absolute atomic E-state index is 0.386. The lowest BCUT2D eigenvalue weighted by Gasteiger charge is -2.08. The summed E-state index contributed by atoms with van der Waals surface area (Å²) in [4.78, 5) is 19.7. The maximum atomic E-state index is 10.8. The highest BCUT2D eigenvalue weighted by atomic mass is 32.2. The van der Waals surface area contributed by atoms with E-state index < -0.39 is 5.97 Å². The molecular weight excluding hydrogens is 248 g/mol. The molecule has 1 aromatic heterocycles. The summed E-state index contributed by atoms with van der Waals surface area (Å²) >= 11 is 1.44. The molecule has 0 spiro atoms. The molecule has 0 bridgehead atoms. The first kappa shape index (κ1) is 12.8. The Labute approximate surface area is 109 Å². The van der Waals surface area contributed by atoms with Gasteiger partial charge < -0.3 is 5.11 Å². The molecule has 2 aromatic rings. The summed E-state index contributed by atoms with van der Waals surface area (Å²) in [6.45, 7) is 3.59. The number of rotatable bonds is 4. The van der Waals surface area contributed by atoms with Gasteiger partial charge in [0.25, 0.3) is 0 Å². The van der Waals surface area contributed by atoms with Gasteiger partial charge in [0.2, 0.25) is 0 Å². The van der Waals surface area contributed by atoms with Gasteiger partial charge in [0.15, 0.2) is 0 Å². The van der Waals surface area contributed by atoms with Gasteiger partial charge in [-0.05, 0) is 19.1 Å². The van der Waals surface area contributed by atoms with Crippen molar-refractivity contribution in [2.24, 2.45) is 5.92 Å². The number of nitrogens with zero attached hydrogens (tertiary/aromatic N) is 2. The number of aliphatic carboxylic acids is 1. The number of aromatic nitrogens is 2. The van der Waals surface area contributed by atoms with Gasteiger partial charge in [-0.15, -0.1) is 11.8 Å². The second-order valence-electron chi connectivity index (χ2n) is 4.15. The van der Waals surface area contributed by atoms with Crippen LogP contribution in [-0.2, 0) is 4.79 Å². The van der Waals surface area contributed by atoms with Crippen molar-refractivity contribution in [3.63, 3.8) is 0 Å². The number of thioether (sulfide) groups is 1. The highest BCUT2D eigenvalue weighted by Gasteiger charge is 2.13. The zero-order valence-corrected chi connectivity index (χ0v) is 11.1. The van der Waals surface area contributed by atoms with Gasteiger partial charge in [-0.2, -0.15) is 0 Å². The van der Waals surface area contributed by atoms with E-state index in [4.69, 9.17) is 5.11 Å². The number of aryl methyl sites for hydroxylation is 1. The first-order valence-electron chi connectivity index (χ1n) is 5.67. The van der Waals surface area contributed by atoms with Gasteiger partial charge >= 0.3 is 5.97 Å². The average molecular weight is 262 g/mol. The lowest BCUT2D eigenvalue weighted by molar-refractivity contribution is -0.140. The number of carbonyl (C=O) groups is 1. The van der Waals surface area contributed by atoms with Gasteiger partial charge in [-0.3, -0.25) is 4.79 Å². The number of carboxylic acid groups (broad SMARTS) is 1. The van der Waals surface area contributed by atoms with E-state index in [1.165, 1.54) is 11.8 Å². The van der Waals surface area contributed by atoms with Gasteiger partial charge in [0.1, 0.15) is 5.03 Å². The zero-order valence-electron chi connectivity index (χ0n) is 10.3. The Morgan fingerprint density at radius 1 is 1.33 bits per heavy atom. The summed E-state index contributed by atoms with van der Waals surface area (Å²) in [7, 11) is 0. The van der Waals surface area contributed by atoms with Crippen LogP contribution in [-0.4, -0.2) is 26.8 Å². The standard InChI is InChI=1S/C13H14N2O2S/c1-8(13(16)17)7-18-12-9(2)14-10-5-3-4-6-11(10)15-12/h3-6,8H,7H2,1-2H3,(H,16,17). The van der Waals surface area contributed by atoms with E-state index in [1.807, 2.05) is 31.2 Å². The number of benzene rings is 1. The fraction of sp³-hybridized carbons (Fsp3) is 0.308. The molecule has 1 atom stereocenters. The van der Waals surface area contributed by atoms with Crippen molar-refractivity contribution in [2.75, 3.05) is 5.75 Å². The van der Waals surface area contributed by atoms with E-state index in [0.29, 0.717) is 5.75 Å². The van der Waals surface area contributed by atoms with Crippen LogP contribution < -0.4 is 0 Å². The van der Waals surface area contributed by atoms with E-state index in [0.717, 1.165) is 21.8 Å². The average Bonchev–Trinajstić information content (AvgIpc) is 2.35. The fourth-order valence-corrected chi connectivity index (χ4v) is 2.45. The third-order valence-electron chi connectivity index (χ3n) is 2.59. The maximum Gasteiger partial charge on any atom is 0.307 e. The quantitative estimate of drug-likeness (QED) is 0.858. The molecule has 1 heterocycles. The lowest BCUT2D eigenvalue weighted by atomic mass is 10.2. The topological polar surface area (TPSA) is 63.1 Å². The summed E-state index contributed by atoms with van der Waals surface area (Å²) in [5.74, 6) is -0.667. The van der Waals surface area contributed by atoms with Crippen LogP contribution in [0.5, 0.6) is 0 Å². The second kappa shape index (κ2) is 5.35. The van der Waals surface area contributed by atoms with Crippen LogP contribution in [0.2, 0.25) is 0 Å². The van der Waals surface area contributed by atoms with Crippen LogP contribution in [0.3, 0.4) is 0 Å². The van der Waals surface area contributed by atoms with Gasteiger partial charge in [0, 0.05) is 5.75 Å². The number of fused-ring (bicyclic) bond motifs is 1. The van der Waals surface area contributed by atoms with E-state index in [2.05, 4.69) is 9.97 Å². The SMILES string of the molecule is Cc1nc2ccccc2nc1SCC(C)C(=O)O. The van der Waals surface area contributed by atoms with Crippen molar-refractivity contribution in [3.8, 4) is 0 Å². The monoisotopic (exact) mass is 262 g/mol. The molecule has 1 unspecified atom stereocenters. The van der Waals surface area contributed by atoms with Crippen molar-refractivity contribution in [3.05, 3.63) is 30.0 Å². The van der Waals surface area contributed by atoms with Crippen LogP contribution in [0.1, 0.15) is 12.6 Å². The Morgan fingerprint density at radius 2 is 1.94 bits per heavy atom. The number of hydrogen-bond acceptors (Lipinski definition) is 4. The maximum absolute atomic E-state index is 10.8. The molecule has 18 heavy (non-hydrogen) atoms. The van der Waals surface area contributed by atoms with Crippen LogP contribution in [0.25, 0.3) is 11.0 Å². The zero-order chi connectivity index (χ0) is 13.1. The largest absolute Gasteiger partial charge is 0.481 e. The first-order valence-corrected chi connectivity index (χ1v) is 6.65. The molecule has 5 heteroatoms. The van der Waals surface area contributed by atoms with Crippen LogP contribution in [0.15, 0.2) is 29.3 Å². The normalized spacial score (nSPS) is 12.6. The summed E-state index contributed by atoms with van der Waals surface area (Å²) in [6.07, 6.45) is 0. The molecule has 0 saturated heterocycles. The van der Waals surface area contributed by atoms with E-state index in [-0.39, 0.29) is 5.92 Å². The van der Waals surface area contributed by atoms with Crippen molar-refractivity contribution < 1.29 is 9.90 Å². The summed E-state index contributed by atoms with van der Waals surface area (Å²) < 4.78 is 0. The van der Waals surface area contributed by atoms with Crippen molar-refractivity contribution >= 4 is 28.8 Å². The minimum atomic E-state index is -0.783. The molecule has 0 radical (unpaired) electrons. The Hall–Kier alpha value is -1.62. The first-order chi connectivity index (χ1) is 8.58. The van der Waals surface area contributed by atoms with Crippen LogP contribution in [0, 0.1) is 12.8 Å². The molecule has 1 N–H and O–H groups in total. The Morgan fingerprint density at radius 3 is 2.56 bits per heavy atom. The molecule has 4 nitrogen and oxygen atoms in total. The van der Waals surface area contributed by atoms with Crippen molar-refractivity contribution in [2.45, 2.75) is 18.9 Å². The fourth-order valence-electron chi connectivity index (χ4n) is 1.48. The number of para-hydroxylation sites is 2. The summed E-state index contributed by atoms with van der Waals surface area (Å²) in [5.41, 5.74) is 2.55. The van der Waals surface area contributed by atoms with Gasteiger partial charge in [-0.1, -0.05) is 19.1 Å². The van der Waals surface area contributed by atoms with Gasteiger partial charge in [0.05, 0.1) is 22.6 Å². The third kappa shape index (κ3) is 2.79. The minimum Gasteiger partial charge on any atom is -0.481 e. The van der Waals surface area contributed by atoms with Crippen molar-refractivity contribution in [1.29, 1.82) is 0 Å². The highest BCUT2D eigenvalue weighted by Crippen LogP contribution is 2.23. The molecule has 0 amide bonds. The Balaban J connectivity index is 2.23. The van der Waals surface area contributed by atoms with Gasteiger partial charge in [-0.25, -0.2) is 9.97 Å². The molecular formula is C13H14N2O2S. The molecule has 1 aromatic carbocycles. The molecule has 0 saturated carbocycles. The lowest BCUT2D eigenvalue weighted by Crippen LogP contribution is -2.12. The van der Waals surface area contributed by atoms with E-state index in [9.17, 15) is 4.79 Å². The molecule has 0 aliphatic rings. The van der Waals surface area contributed by atoms with Crippen LogP contribution in [0.4, 0.5) is 0 Å². The van der Waals surface area contributed by atoms with E-state index >= 15 is 0 Å². The van der Waals surface area contributed by atoms with E-state index in [1.54, 1.807) is 6.92 Å². The Bertz CT molecular complexity index is 586. The smallest absolute Gasteiger partial charge is 0.307 e. The third-order valence-corrected chi connectivity index (χ3v) is 3.92. The molecule has 94 valence electrons. The number of carboxylic acids is 1. The molecule has 0 fully saturated rings. The Kier molecular flexibility index (Phi) is 3.81. The highest BCUT2D eigenvalue weighted by molar-refractivity contribution is 7.99. The predicted molar refractivity (Wildman–Crippen MR) is 71.8 cm³/mol. The summed E-state index contributed by atoms with van der Waals surface area (Å²) in [5, 5.41) is 9.66. The number of hydrogen-bond donors (Lipinski definition) is 1. The summed E-state index contributed by atoms with van der Waals surface area (Å²) in [6, 6.07) is 7.67. The molecule has 0 aliphatic carbocycles. The molecule has 0 aliphatic heterocycles.